The molecule has 120 valence electrons. The van der Waals surface area contributed by atoms with Crippen molar-refractivity contribution in [3.8, 4) is 0 Å². The smallest absolute Gasteiger partial charge is 0.270 e. The summed E-state index contributed by atoms with van der Waals surface area (Å²) >= 11 is 0. The van der Waals surface area contributed by atoms with Crippen molar-refractivity contribution in [2.75, 3.05) is 24.3 Å². The van der Waals surface area contributed by atoms with Crippen molar-refractivity contribution in [3.05, 3.63) is 63.5 Å². The van der Waals surface area contributed by atoms with Crippen LogP contribution in [0, 0.1) is 22.9 Å². The van der Waals surface area contributed by atoms with E-state index in [1.165, 1.54) is 30.3 Å². The molecule has 0 spiro atoms. The first-order chi connectivity index (χ1) is 10.8. The Morgan fingerprint density at radius 2 is 1.91 bits per heavy atom. The second-order valence-electron chi connectivity index (χ2n) is 5.29. The van der Waals surface area contributed by atoms with Crippen molar-refractivity contribution in [2.24, 2.45) is 0 Å². The quantitative estimate of drug-likeness (QED) is 0.693. The molecule has 0 aliphatic heterocycles. The minimum atomic E-state index is -0.609. The molecule has 2 aromatic rings. The second-order valence-corrected chi connectivity index (χ2v) is 5.29. The first kappa shape index (κ1) is 16.4. The number of carbonyl (C=O) groups is 1. The number of benzene rings is 2. The summed E-state index contributed by atoms with van der Waals surface area (Å²) in [4.78, 5) is 24.4. The average Bonchev–Trinajstić information content (AvgIpc) is 2.50. The molecule has 6 nitrogen and oxygen atoms in total. The molecule has 1 amide bonds. The van der Waals surface area contributed by atoms with E-state index in [0.29, 0.717) is 5.69 Å². The zero-order chi connectivity index (χ0) is 17.1. The van der Waals surface area contributed by atoms with Gasteiger partial charge in [0.15, 0.2) is 0 Å². The lowest BCUT2D eigenvalue weighted by atomic mass is 10.1. The second kappa shape index (κ2) is 6.43. The van der Waals surface area contributed by atoms with Gasteiger partial charge in [0.05, 0.1) is 16.2 Å². The van der Waals surface area contributed by atoms with Gasteiger partial charge in [0.25, 0.3) is 11.6 Å². The summed E-state index contributed by atoms with van der Waals surface area (Å²) in [5, 5.41) is 13.4. The SMILES string of the molecule is Cc1ccc(F)c(NC(=O)c2cc([N+](=O)[O-])ccc2N(C)C)c1. The fourth-order valence-electron chi connectivity index (χ4n) is 2.13. The summed E-state index contributed by atoms with van der Waals surface area (Å²) < 4.78 is 13.8. The fraction of sp³-hybridized carbons (Fsp3) is 0.188. The first-order valence-corrected chi connectivity index (χ1v) is 6.83. The van der Waals surface area contributed by atoms with Crippen LogP contribution < -0.4 is 10.2 Å². The van der Waals surface area contributed by atoms with Gasteiger partial charge in [0.1, 0.15) is 5.82 Å². The van der Waals surface area contributed by atoms with Gasteiger partial charge in [-0.1, -0.05) is 6.07 Å². The Bertz CT molecular complexity index is 775. The lowest BCUT2D eigenvalue weighted by molar-refractivity contribution is -0.384. The lowest BCUT2D eigenvalue weighted by Crippen LogP contribution is -2.19. The molecule has 23 heavy (non-hydrogen) atoms. The normalized spacial score (nSPS) is 10.3. The fourth-order valence-corrected chi connectivity index (χ4v) is 2.13. The summed E-state index contributed by atoms with van der Waals surface area (Å²) in [5.74, 6) is -1.18. The van der Waals surface area contributed by atoms with E-state index in [-0.39, 0.29) is 16.9 Å². The number of hydrogen-bond acceptors (Lipinski definition) is 4. The maximum Gasteiger partial charge on any atom is 0.270 e. The van der Waals surface area contributed by atoms with Gasteiger partial charge in [-0.05, 0) is 30.7 Å². The zero-order valence-corrected chi connectivity index (χ0v) is 13.0. The topological polar surface area (TPSA) is 75.5 Å². The molecule has 1 N–H and O–H groups in total. The number of non-ortho nitro benzene ring substituents is 1. The monoisotopic (exact) mass is 317 g/mol. The molecule has 0 unspecified atom stereocenters. The minimum Gasteiger partial charge on any atom is -0.377 e. The van der Waals surface area contributed by atoms with Crippen LogP contribution in [0.2, 0.25) is 0 Å². The number of nitrogens with zero attached hydrogens (tertiary/aromatic N) is 2. The maximum absolute atomic E-state index is 13.8. The summed E-state index contributed by atoms with van der Waals surface area (Å²) in [6.07, 6.45) is 0. The van der Waals surface area contributed by atoms with Gasteiger partial charge >= 0.3 is 0 Å². The molecular weight excluding hydrogens is 301 g/mol. The van der Waals surface area contributed by atoms with Gasteiger partial charge in [-0.2, -0.15) is 0 Å². The molecule has 0 bridgehead atoms. The molecule has 2 aromatic carbocycles. The third kappa shape index (κ3) is 3.63. The van der Waals surface area contributed by atoms with Crippen molar-refractivity contribution in [3.63, 3.8) is 0 Å². The molecule has 0 fully saturated rings. The van der Waals surface area contributed by atoms with Gasteiger partial charge in [-0.15, -0.1) is 0 Å². The van der Waals surface area contributed by atoms with E-state index in [9.17, 15) is 19.3 Å². The molecule has 2 rings (SSSR count). The Balaban J connectivity index is 2.43. The highest BCUT2D eigenvalue weighted by Gasteiger charge is 2.19. The lowest BCUT2D eigenvalue weighted by Gasteiger charge is -2.17. The van der Waals surface area contributed by atoms with Crippen molar-refractivity contribution >= 4 is 23.0 Å². The highest BCUT2D eigenvalue weighted by Crippen LogP contribution is 2.26. The van der Waals surface area contributed by atoms with Crippen LogP contribution in [0.5, 0.6) is 0 Å². The Morgan fingerprint density at radius 3 is 2.52 bits per heavy atom. The van der Waals surface area contributed by atoms with E-state index < -0.39 is 16.6 Å². The number of nitro groups is 1. The number of aryl methyl sites for hydroxylation is 1. The van der Waals surface area contributed by atoms with Gasteiger partial charge < -0.3 is 10.2 Å². The average molecular weight is 317 g/mol. The van der Waals surface area contributed by atoms with Crippen molar-refractivity contribution in [1.29, 1.82) is 0 Å². The van der Waals surface area contributed by atoms with Crippen LogP contribution in [0.3, 0.4) is 0 Å². The maximum atomic E-state index is 13.8. The van der Waals surface area contributed by atoms with Gasteiger partial charge in [-0.3, -0.25) is 14.9 Å². The zero-order valence-electron chi connectivity index (χ0n) is 13.0. The molecule has 0 saturated carbocycles. The standard InChI is InChI=1S/C16H16FN3O3/c1-10-4-6-13(17)14(8-10)18-16(21)12-9-11(20(22)23)5-7-15(12)19(2)3/h4-9H,1-3H3,(H,18,21). The van der Waals surface area contributed by atoms with E-state index in [1.54, 1.807) is 32.0 Å². The third-order valence-corrected chi connectivity index (χ3v) is 3.29. The van der Waals surface area contributed by atoms with Crippen LogP contribution in [0.1, 0.15) is 15.9 Å². The molecular formula is C16H16FN3O3. The van der Waals surface area contributed by atoms with E-state index in [0.717, 1.165) is 5.56 Å². The number of nitro benzene ring substituents is 1. The van der Waals surface area contributed by atoms with Crippen molar-refractivity contribution in [1.82, 2.24) is 0 Å². The molecule has 0 aliphatic carbocycles. The summed E-state index contributed by atoms with van der Waals surface area (Å²) in [6, 6.07) is 8.33. The number of carbonyl (C=O) groups excluding carboxylic acids is 1. The van der Waals surface area contributed by atoms with Crippen molar-refractivity contribution < 1.29 is 14.1 Å². The highest BCUT2D eigenvalue weighted by molar-refractivity contribution is 6.08. The van der Waals surface area contributed by atoms with Crippen LogP contribution in [-0.2, 0) is 0 Å². The largest absolute Gasteiger partial charge is 0.377 e. The summed E-state index contributed by atoms with van der Waals surface area (Å²) in [7, 11) is 3.43. The molecule has 0 aromatic heterocycles. The van der Waals surface area contributed by atoms with Crippen molar-refractivity contribution in [2.45, 2.75) is 6.92 Å². The summed E-state index contributed by atoms with van der Waals surface area (Å²) in [5.41, 5.74) is 1.22. The Morgan fingerprint density at radius 1 is 1.22 bits per heavy atom. The predicted octanol–water partition coefficient (Wildman–Crippen LogP) is 3.36. The van der Waals surface area contributed by atoms with E-state index in [1.807, 2.05) is 0 Å². The molecule has 0 saturated heterocycles. The number of nitrogens with one attached hydrogen (secondary N) is 1. The molecule has 0 radical (unpaired) electrons. The molecule has 7 heteroatoms. The minimum absolute atomic E-state index is 0.0335. The molecule has 0 heterocycles. The van der Waals surface area contributed by atoms with Gasteiger partial charge in [0, 0.05) is 31.9 Å². The Kier molecular flexibility index (Phi) is 4.59. The van der Waals surface area contributed by atoms with Gasteiger partial charge in [-0.25, -0.2) is 4.39 Å². The number of anilines is 2. The van der Waals surface area contributed by atoms with Crippen LogP contribution in [0.25, 0.3) is 0 Å². The number of amides is 1. The van der Waals surface area contributed by atoms with Crippen LogP contribution >= 0.6 is 0 Å². The van der Waals surface area contributed by atoms with E-state index >= 15 is 0 Å². The highest BCUT2D eigenvalue weighted by atomic mass is 19.1. The third-order valence-electron chi connectivity index (χ3n) is 3.29. The van der Waals surface area contributed by atoms with Crippen LogP contribution in [0.15, 0.2) is 36.4 Å². The predicted molar refractivity (Wildman–Crippen MR) is 86.5 cm³/mol. The Labute approximate surface area is 132 Å². The Hall–Kier alpha value is -2.96. The number of hydrogen-bond donors (Lipinski definition) is 1. The van der Waals surface area contributed by atoms with E-state index in [2.05, 4.69) is 5.32 Å². The van der Waals surface area contributed by atoms with Crippen LogP contribution in [-0.4, -0.2) is 24.9 Å². The molecule has 0 aliphatic rings. The molecule has 0 atom stereocenters. The van der Waals surface area contributed by atoms with Gasteiger partial charge in [0.2, 0.25) is 0 Å². The van der Waals surface area contributed by atoms with E-state index in [4.69, 9.17) is 0 Å². The first-order valence-electron chi connectivity index (χ1n) is 6.83. The number of halogens is 1. The summed E-state index contributed by atoms with van der Waals surface area (Å²) in [6.45, 7) is 1.77. The van der Waals surface area contributed by atoms with Crippen LogP contribution in [0.4, 0.5) is 21.5 Å². The number of rotatable bonds is 4.